The highest BCUT2D eigenvalue weighted by molar-refractivity contribution is 5.93. The van der Waals surface area contributed by atoms with Crippen molar-refractivity contribution in [1.82, 2.24) is 4.90 Å². The number of nitrogens with zero attached hydrogens (tertiary/aromatic N) is 1. The van der Waals surface area contributed by atoms with E-state index in [4.69, 9.17) is 18.9 Å². The molecule has 0 aliphatic carbocycles. The van der Waals surface area contributed by atoms with Crippen LogP contribution in [0, 0.1) is 0 Å². The third-order valence-corrected chi connectivity index (χ3v) is 4.02. The predicted octanol–water partition coefficient (Wildman–Crippen LogP) is 1.94. The van der Waals surface area contributed by atoms with Crippen LogP contribution in [-0.2, 0) is 23.7 Å². The van der Waals surface area contributed by atoms with Crippen LogP contribution in [0.5, 0.6) is 0 Å². The highest BCUT2D eigenvalue weighted by Crippen LogP contribution is 2.22. The van der Waals surface area contributed by atoms with Crippen molar-refractivity contribution in [2.45, 2.75) is 77.1 Å². The highest BCUT2D eigenvalue weighted by atomic mass is 16.6. The van der Waals surface area contributed by atoms with Gasteiger partial charge in [0.05, 0.1) is 18.8 Å². The van der Waals surface area contributed by atoms with Crippen LogP contribution in [0.2, 0.25) is 0 Å². The van der Waals surface area contributed by atoms with E-state index in [0.29, 0.717) is 0 Å². The molecule has 0 spiro atoms. The molecule has 0 unspecified atom stereocenters. The smallest absolute Gasteiger partial charge is 0.420 e. The van der Waals surface area contributed by atoms with Gasteiger partial charge < -0.3 is 29.2 Å². The molecule has 4 atom stereocenters. The zero-order valence-electron chi connectivity index (χ0n) is 17.7. The molecule has 0 aromatic carbocycles. The SMILES string of the molecule is C=CC(C)(C)O[C@H]1[C@H](C)OC(=O)[C@@H](N(C(=O)O)C(=O)OC(C)(C)C)COC[C@@H]1O. The fraction of sp³-hybridized carbons (Fsp3) is 0.737. The molecule has 29 heavy (non-hydrogen) atoms. The first-order valence-corrected chi connectivity index (χ1v) is 9.21. The molecule has 10 nitrogen and oxygen atoms in total. The van der Waals surface area contributed by atoms with E-state index in [1.807, 2.05) is 0 Å². The van der Waals surface area contributed by atoms with Crippen LogP contribution in [0.3, 0.4) is 0 Å². The molecule has 166 valence electrons. The normalized spacial score (nSPS) is 26.4. The fourth-order valence-electron chi connectivity index (χ4n) is 2.51. The maximum absolute atomic E-state index is 12.7. The summed E-state index contributed by atoms with van der Waals surface area (Å²) < 4.78 is 21.5. The largest absolute Gasteiger partial charge is 0.464 e. The summed E-state index contributed by atoms with van der Waals surface area (Å²) in [5.74, 6) is -1.02. The summed E-state index contributed by atoms with van der Waals surface area (Å²) in [6, 6.07) is -1.61. The van der Waals surface area contributed by atoms with Gasteiger partial charge in [0.15, 0.2) is 6.04 Å². The van der Waals surface area contributed by atoms with Crippen LogP contribution in [0.4, 0.5) is 9.59 Å². The second-order valence-electron chi connectivity index (χ2n) is 8.29. The van der Waals surface area contributed by atoms with Gasteiger partial charge in [-0.25, -0.2) is 14.4 Å². The molecule has 2 N–H and O–H groups in total. The van der Waals surface area contributed by atoms with Gasteiger partial charge in [-0.1, -0.05) is 6.08 Å². The third-order valence-electron chi connectivity index (χ3n) is 4.02. The number of ether oxygens (including phenoxy) is 4. The van der Waals surface area contributed by atoms with E-state index < -0.39 is 60.3 Å². The number of aliphatic hydroxyl groups excluding tert-OH is 1. The zero-order valence-corrected chi connectivity index (χ0v) is 17.7. The lowest BCUT2D eigenvalue weighted by Gasteiger charge is -2.34. The monoisotopic (exact) mass is 417 g/mol. The van der Waals surface area contributed by atoms with E-state index >= 15 is 0 Å². The van der Waals surface area contributed by atoms with Crippen molar-refractivity contribution in [1.29, 1.82) is 0 Å². The molecule has 0 bridgehead atoms. The van der Waals surface area contributed by atoms with Crippen molar-refractivity contribution in [2.75, 3.05) is 13.2 Å². The molecule has 0 aromatic rings. The molecule has 10 heteroatoms. The first-order valence-electron chi connectivity index (χ1n) is 9.21. The van der Waals surface area contributed by atoms with E-state index in [1.165, 1.54) is 13.0 Å². The molecule has 1 fully saturated rings. The van der Waals surface area contributed by atoms with Crippen LogP contribution < -0.4 is 0 Å². The Morgan fingerprint density at radius 1 is 1.24 bits per heavy atom. The molecule has 2 amide bonds. The van der Waals surface area contributed by atoms with Gasteiger partial charge in [-0.05, 0) is 41.5 Å². The molecule has 1 aliphatic rings. The Morgan fingerprint density at radius 3 is 2.31 bits per heavy atom. The number of carbonyl (C=O) groups is 3. The average Bonchev–Trinajstić information content (AvgIpc) is 2.59. The fourth-order valence-corrected chi connectivity index (χ4v) is 2.51. The van der Waals surface area contributed by atoms with Gasteiger partial charge in [0.2, 0.25) is 0 Å². The summed E-state index contributed by atoms with van der Waals surface area (Å²) in [4.78, 5) is 36.9. The van der Waals surface area contributed by atoms with Crippen molar-refractivity contribution < 1.29 is 43.5 Å². The number of hydrogen-bond donors (Lipinski definition) is 2. The molecular formula is C19H31NO9. The zero-order chi connectivity index (χ0) is 22.6. The van der Waals surface area contributed by atoms with Crippen LogP contribution >= 0.6 is 0 Å². The van der Waals surface area contributed by atoms with Crippen LogP contribution in [0.25, 0.3) is 0 Å². The minimum atomic E-state index is -1.70. The van der Waals surface area contributed by atoms with Crippen LogP contribution in [0.1, 0.15) is 41.5 Å². The molecule has 1 rings (SSSR count). The number of carboxylic acid groups (broad SMARTS) is 1. The Labute approximate surface area is 170 Å². The van der Waals surface area contributed by atoms with Crippen molar-refractivity contribution >= 4 is 18.2 Å². The average molecular weight is 417 g/mol. The predicted molar refractivity (Wildman–Crippen MR) is 101 cm³/mol. The quantitative estimate of drug-likeness (QED) is 0.520. The first-order chi connectivity index (χ1) is 13.2. The number of imide groups is 1. The van der Waals surface area contributed by atoms with E-state index in [0.717, 1.165) is 0 Å². The Bertz CT molecular complexity index is 626. The lowest BCUT2D eigenvalue weighted by Crippen LogP contribution is -2.53. The van der Waals surface area contributed by atoms with E-state index in [1.54, 1.807) is 34.6 Å². The second kappa shape index (κ2) is 9.55. The summed E-state index contributed by atoms with van der Waals surface area (Å²) in [7, 11) is 0. The van der Waals surface area contributed by atoms with Gasteiger partial charge in [0, 0.05) is 0 Å². The Hall–Kier alpha value is -2.17. The third kappa shape index (κ3) is 7.30. The standard InChI is InChI=1S/C19H31NO9/c1-8-19(6,7)28-14-11(2)27-15(22)12(9-26-10-13(14)21)20(16(23)24)17(25)29-18(3,4)5/h8,11-14,21H,1,9-10H2,2-7H3,(H,23,24)/t11-,12-,13-,14-/m0/s1. The molecule has 1 heterocycles. The Morgan fingerprint density at radius 2 is 1.83 bits per heavy atom. The van der Waals surface area contributed by atoms with Gasteiger partial charge in [0.25, 0.3) is 0 Å². The van der Waals surface area contributed by atoms with Crippen LogP contribution in [0.15, 0.2) is 12.7 Å². The van der Waals surface area contributed by atoms with E-state index in [9.17, 15) is 24.6 Å². The number of carbonyl (C=O) groups excluding carboxylic acids is 2. The minimum absolute atomic E-state index is 0.224. The van der Waals surface area contributed by atoms with Gasteiger partial charge in [-0.3, -0.25) is 0 Å². The number of aliphatic hydroxyl groups is 1. The van der Waals surface area contributed by atoms with Crippen LogP contribution in [-0.4, -0.2) is 82.0 Å². The summed E-state index contributed by atoms with van der Waals surface area (Å²) in [5.41, 5.74) is -1.81. The summed E-state index contributed by atoms with van der Waals surface area (Å²) >= 11 is 0. The number of rotatable bonds is 4. The van der Waals surface area contributed by atoms with Crippen molar-refractivity contribution in [3.63, 3.8) is 0 Å². The summed E-state index contributed by atoms with van der Waals surface area (Å²) in [6.07, 6.45) is -4.50. The molecule has 1 saturated heterocycles. The lowest BCUT2D eigenvalue weighted by atomic mass is 10.1. The van der Waals surface area contributed by atoms with Crippen molar-refractivity contribution in [3.8, 4) is 0 Å². The van der Waals surface area contributed by atoms with E-state index in [2.05, 4.69) is 6.58 Å². The second-order valence-corrected chi connectivity index (χ2v) is 8.29. The van der Waals surface area contributed by atoms with Gasteiger partial charge in [-0.15, -0.1) is 6.58 Å². The molecule has 0 aromatic heterocycles. The van der Waals surface area contributed by atoms with Gasteiger partial charge >= 0.3 is 18.2 Å². The highest BCUT2D eigenvalue weighted by Gasteiger charge is 2.43. The van der Waals surface area contributed by atoms with Crippen molar-refractivity contribution in [2.24, 2.45) is 0 Å². The molecule has 0 saturated carbocycles. The maximum atomic E-state index is 12.7. The number of hydrogen-bond acceptors (Lipinski definition) is 8. The molecular weight excluding hydrogens is 386 g/mol. The Kier molecular flexibility index (Phi) is 8.19. The van der Waals surface area contributed by atoms with Crippen molar-refractivity contribution in [3.05, 3.63) is 12.7 Å². The van der Waals surface area contributed by atoms with Gasteiger partial charge in [-0.2, -0.15) is 4.90 Å². The Balaban J connectivity index is 3.12. The summed E-state index contributed by atoms with van der Waals surface area (Å²) in [5, 5.41) is 19.9. The minimum Gasteiger partial charge on any atom is -0.464 e. The summed E-state index contributed by atoms with van der Waals surface area (Å²) in [6.45, 7) is 12.5. The number of cyclic esters (lactones) is 1. The lowest BCUT2D eigenvalue weighted by molar-refractivity contribution is -0.177. The van der Waals surface area contributed by atoms with E-state index in [-0.39, 0.29) is 11.5 Å². The molecule has 0 radical (unpaired) electrons. The number of amides is 2. The number of esters is 1. The topological polar surface area (TPSA) is 132 Å². The molecule has 1 aliphatic heterocycles. The maximum Gasteiger partial charge on any atom is 0.420 e. The first kappa shape index (κ1) is 24.9. The van der Waals surface area contributed by atoms with Gasteiger partial charge in [0.1, 0.15) is 23.9 Å².